The van der Waals surface area contributed by atoms with Gasteiger partial charge in [-0.15, -0.1) is 0 Å². The van der Waals surface area contributed by atoms with Crippen molar-refractivity contribution in [1.82, 2.24) is 14.4 Å². The summed E-state index contributed by atoms with van der Waals surface area (Å²) in [5.41, 5.74) is -0.00361. The molecule has 0 aliphatic heterocycles. The predicted octanol–water partition coefficient (Wildman–Crippen LogP) is 2.38. The zero-order valence-corrected chi connectivity index (χ0v) is 16.2. The maximum atomic E-state index is 4.19. The van der Waals surface area contributed by atoms with Crippen LogP contribution in [0.25, 0.3) is 0 Å². The van der Waals surface area contributed by atoms with E-state index in [9.17, 15) is 0 Å². The molecule has 0 radical (unpaired) electrons. The Morgan fingerprint density at radius 1 is 0.789 bits per heavy atom. The number of hydrogen-bond donors (Lipinski definition) is 2. The van der Waals surface area contributed by atoms with E-state index < -0.39 is 16.3 Å². The average Bonchev–Trinajstić information content (AvgIpc) is 2.11. The van der Waals surface area contributed by atoms with Gasteiger partial charge in [-0.2, -0.15) is 0 Å². The van der Waals surface area contributed by atoms with Crippen LogP contribution in [0.2, 0.25) is 0 Å². The van der Waals surface area contributed by atoms with Crippen LogP contribution in [0.5, 0.6) is 0 Å². The third kappa shape index (κ3) is 4.13. The first kappa shape index (κ1) is 19.3. The van der Waals surface area contributed by atoms with Crippen LogP contribution in [0.15, 0.2) is 11.0 Å². The molecule has 0 heterocycles. The quantitative estimate of drug-likeness (QED) is 0.764. The molecule has 5 heteroatoms. The predicted molar refractivity (Wildman–Crippen MR) is 83.3 cm³/mol. The van der Waals surface area contributed by atoms with Gasteiger partial charge in [0.2, 0.25) is 0 Å². The third-order valence-electron chi connectivity index (χ3n) is 3.44. The second kappa shape index (κ2) is 5.59. The van der Waals surface area contributed by atoms with Crippen molar-refractivity contribution in [3.8, 4) is 0 Å². The topological polar surface area (TPSA) is 30.5 Å². The van der Waals surface area contributed by atoms with Gasteiger partial charge >= 0.3 is 122 Å². The maximum absolute atomic E-state index is 4.19. The van der Waals surface area contributed by atoms with Gasteiger partial charge in [-0.05, 0) is 0 Å². The van der Waals surface area contributed by atoms with Gasteiger partial charge in [-0.25, -0.2) is 0 Å². The molecule has 0 rings (SSSR count). The third-order valence-corrected chi connectivity index (χ3v) is 14.2. The Hall–Kier alpha value is 0.294. The van der Waals surface area contributed by atoms with E-state index in [-0.39, 0.29) is 11.1 Å². The zero-order chi connectivity index (χ0) is 15.7. The molecule has 115 valence electrons. The first-order chi connectivity index (χ1) is 8.19. The fourth-order valence-corrected chi connectivity index (χ4v) is 11.6. The summed E-state index contributed by atoms with van der Waals surface area (Å²) < 4.78 is 14.6. The molecule has 0 aromatic rings. The fraction of sp³-hybridized carbons (Fsp3) is 0.857. The summed E-state index contributed by atoms with van der Waals surface area (Å²) in [7, 11) is 8.54. The number of hydrogen-bond acceptors (Lipinski definition) is 4. The summed E-state index contributed by atoms with van der Waals surface area (Å²) in [5, 5.41) is 0. The molecule has 0 fully saturated rings. The molecule has 0 aliphatic rings. The van der Waals surface area contributed by atoms with Gasteiger partial charge in [0, 0.05) is 0 Å². The molecule has 0 bridgehead atoms. The van der Waals surface area contributed by atoms with Gasteiger partial charge in [0.15, 0.2) is 0 Å². The van der Waals surface area contributed by atoms with Gasteiger partial charge in [0.1, 0.15) is 0 Å². The van der Waals surface area contributed by atoms with Gasteiger partial charge in [-0.1, -0.05) is 0 Å². The zero-order valence-electron chi connectivity index (χ0n) is 14.7. The van der Waals surface area contributed by atoms with Crippen LogP contribution in [0.4, 0.5) is 0 Å². The summed E-state index contributed by atoms with van der Waals surface area (Å²) >= 11 is -3.64. The van der Waals surface area contributed by atoms with Gasteiger partial charge in [-0.3, -0.25) is 0 Å². The number of nitrogens with zero attached hydrogens (tertiary/aromatic N) is 2. The minimum absolute atomic E-state index is 0.00181. The molecule has 0 saturated carbocycles. The van der Waals surface area contributed by atoms with Crippen molar-refractivity contribution in [3.63, 3.8) is 0 Å². The van der Waals surface area contributed by atoms with E-state index >= 15 is 0 Å². The molecular weight excluding hydrogens is 272 g/mol. The molecule has 0 aromatic heterocycles. The standard InChI is InChI=1S/2C4H10N.2C2H6N.C2H3.Ti/c2*1-4(2,3)5;2*1-3-2;1-2;/h2*5H,1-3H3;2*1-2H3;1H,2H2;/q4*-1;;+4. The van der Waals surface area contributed by atoms with Gasteiger partial charge in [0.25, 0.3) is 0 Å². The van der Waals surface area contributed by atoms with Crippen molar-refractivity contribution >= 4 is 0 Å². The van der Waals surface area contributed by atoms with Crippen LogP contribution in [0.3, 0.4) is 0 Å². The van der Waals surface area contributed by atoms with Crippen molar-refractivity contribution in [2.75, 3.05) is 28.2 Å². The summed E-state index contributed by atoms with van der Waals surface area (Å²) in [6.07, 6.45) is 0. The van der Waals surface area contributed by atoms with E-state index in [1.54, 1.807) is 0 Å². The molecule has 0 aliphatic carbocycles. The van der Waals surface area contributed by atoms with E-state index in [0.717, 1.165) is 0 Å². The normalized spacial score (nSPS) is 16.5. The van der Waals surface area contributed by atoms with Crippen LogP contribution in [0, 0.1) is 0 Å². The van der Waals surface area contributed by atoms with Gasteiger partial charge in [0.05, 0.1) is 0 Å². The first-order valence-corrected chi connectivity index (χ1v) is 10.8. The Morgan fingerprint density at radius 2 is 1.05 bits per heavy atom. The van der Waals surface area contributed by atoms with Crippen LogP contribution in [-0.2, 0) is 16.3 Å². The molecule has 19 heavy (non-hydrogen) atoms. The Morgan fingerprint density at radius 3 is 1.16 bits per heavy atom. The molecule has 0 aromatic carbocycles. The van der Waals surface area contributed by atoms with E-state index in [1.165, 1.54) is 0 Å². The Kier molecular flexibility index (Phi) is 5.67. The second-order valence-electron chi connectivity index (χ2n) is 7.96. The number of nitrogens with one attached hydrogen (secondary N) is 2. The molecule has 2 N–H and O–H groups in total. The van der Waals surface area contributed by atoms with Crippen molar-refractivity contribution in [3.05, 3.63) is 11.0 Å². The Bertz CT molecular complexity index is 295. The summed E-state index contributed by atoms with van der Waals surface area (Å²) in [6.45, 7) is 17.4. The monoisotopic (exact) mass is 307 g/mol. The Labute approximate surface area is 122 Å². The van der Waals surface area contributed by atoms with Crippen molar-refractivity contribution in [2.24, 2.45) is 0 Å². The fourth-order valence-electron chi connectivity index (χ4n) is 2.82. The molecule has 0 spiro atoms. The molecule has 0 unspecified atom stereocenters. The molecule has 0 atom stereocenters. The van der Waals surface area contributed by atoms with E-state index in [2.05, 4.69) is 95.1 Å². The average molecular weight is 307 g/mol. The van der Waals surface area contributed by atoms with Crippen molar-refractivity contribution < 1.29 is 16.3 Å². The second-order valence-corrected chi connectivity index (χ2v) is 16.0. The summed E-state index contributed by atoms with van der Waals surface area (Å²) in [5.74, 6) is 0. The minimum atomic E-state index is -3.64. The van der Waals surface area contributed by atoms with E-state index in [1.807, 2.05) is 0 Å². The SMILES string of the molecule is C=[CH][Ti]([NH]C(C)(C)C)([NH]C(C)(C)C)([N](C)C)[N](C)C. The van der Waals surface area contributed by atoms with Crippen LogP contribution >= 0.6 is 0 Å². The van der Waals surface area contributed by atoms with Crippen molar-refractivity contribution in [2.45, 2.75) is 52.6 Å². The summed E-state index contributed by atoms with van der Waals surface area (Å²) in [4.78, 5) is 0. The van der Waals surface area contributed by atoms with Gasteiger partial charge < -0.3 is 0 Å². The van der Waals surface area contributed by atoms with Crippen LogP contribution in [-0.4, -0.2) is 46.0 Å². The number of rotatable bonds is 5. The van der Waals surface area contributed by atoms with Crippen LogP contribution < -0.4 is 7.60 Å². The molecule has 0 amide bonds. The molecule has 0 saturated heterocycles. The first-order valence-electron chi connectivity index (χ1n) is 6.93. The van der Waals surface area contributed by atoms with E-state index in [0.29, 0.717) is 0 Å². The van der Waals surface area contributed by atoms with Crippen molar-refractivity contribution in [1.29, 1.82) is 0 Å². The molecule has 4 nitrogen and oxygen atoms in total. The van der Waals surface area contributed by atoms with E-state index in [4.69, 9.17) is 0 Å². The van der Waals surface area contributed by atoms with Crippen LogP contribution in [0.1, 0.15) is 41.5 Å². The summed E-state index contributed by atoms with van der Waals surface area (Å²) in [6, 6.07) is 0. The molecular formula is C14H35N4Ti. The Balaban J connectivity index is 6.11.